The topological polar surface area (TPSA) is 43.9 Å². The monoisotopic (exact) mass is 395 g/mol. The van der Waals surface area contributed by atoms with Gasteiger partial charge in [-0.3, -0.25) is 9.59 Å². The molecule has 2 saturated heterocycles. The van der Waals surface area contributed by atoms with E-state index in [-0.39, 0.29) is 17.6 Å². The van der Waals surface area contributed by atoms with Crippen LogP contribution < -0.4 is 4.90 Å². The molecule has 0 aromatic heterocycles. The van der Waals surface area contributed by atoms with Crippen LogP contribution in [0.3, 0.4) is 0 Å². The molecule has 2 aromatic carbocycles. The van der Waals surface area contributed by atoms with Gasteiger partial charge in [0, 0.05) is 50.4 Å². The fourth-order valence-electron chi connectivity index (χ4n) is 4.11. The summed E-state index contributed by atoms with van der Waals surface area (Å²) in [7, 11) is 0. The molecule has 0 unspecified atom stereocenters. The zero-order valence-corrected chi connectivity index (χ0v) is 16.5. The number of rotatable bonds is 3. The number of benzene rings is 2. The molecule has 2 amide bonds. The first-order valence-electron chi connectivity index (χ1n) is 10.3. The van der Waals surface area contributed by atoms with Crippen LogP contribution in [0.1, 0.15) is 40.0 Å². The number of nitrogens with zero attached hydrogens (tertiary/aromatic N) is 3. The van der Waals surface area contributed by atoms with Gasteiger partial charge in [-0.25, -0.2) is 4.39 Å². The van der Waals surface area contributed by atoms with Crippen molar-refractivity contribution in [1.29, 1.82) is 0 Å². The molecule has 5 nitrogen and oxygen atoms in total. The van der Waals surface area contributed by atoms with Crippen LogP contribution in [-0.2, 0) is 0 Å². The Balaban J connectivity index is 1.41. The van der Waals surface area contributed by atoms with Gasteiger partial charge in [0.2, 0.25) is 0 Å². The van der Waals surface area contributed by atoms with E-state index >= 15 is 0 Å². The van der Waals surface area contributed by atoms with Gasteiger partial charge < -0.3 is 14.7 Å². The third kappa shape index (κ3) is 4.26. The lowest BCUT2D eigenvalue weighted by molar-refractivity contribution is 0.0724. The zero-order chi connectivity index (χ0) is 20.2. The van der Waals surface area contributed by atoms with Crippen LogP contribution in [0.5, 0.6) is 0 Å². The predicted octanol–water partition coefficient (Wildman–Crippen LogP) is 3.41. The molecule has 2 fully saturated rings. The SMILES string of the molecule is O=C(c1cccc(C(=O)N2CCN(c3ccccc3F)CC2)c1)N1CCCCC1. The minimum absolute atomic E-state index is 0.00345. The van der Waals surface area contributed by atoms with Crippen LogP contribution in [0.4, 0.5) is 10.1 Å². The van der Waals surface area contributed by atoms with E-state index in [0.29, 0.717) is 43.0 Å². The summed E-state index contributed by atoms with van der Waals surface area (Å²) in [5.41, 5.74) is 1.68. The summed E-state index contributed by atoms with van der Waals surface area (Å²) in [6.45, 7) is 3.79. The van der Waals surface area contributed by atoms with Crippen LogP contribution in [-0.4, -0.2) is 60.9 Å². The Labute approximate surface area is 170 Å². The largest absolute Gasteiger partial charge is 0.366 e. The second kappa shape index (κ2) is 8.64. The van der Waals surface area contributed by atoms with Gasteiger partial charge in [0.25, 0.3) is 11.8 Å². The molecule has 0 spiro atoms. The number of carbonyl (C=O) groups is 2. The Kier molecular flexibility index (Phi) is 5.79. The highest BCUT2D eigenvalue weighted by Gasteiger charge is 2.25. The van der Waals surface area contributed by atoms with E-state index in [1.54, 1.807) is 41.3 Å². The maximum Gasteiger partial charge on any atom is 0.253 e. The molecule has 0 radical (unpaired) electrons. The molecular formula is C23H26FN3O2. The van der Waals surface area contributed by atoms with Crippen LogP contribution in [0.15, 0.2) is 48.5 Å². The number of para-hydroxylation sites is 1. The summed E-state index contributed by atoms with van der Waals surface area (Å²) in [6.07, 6.45) is 3.24. The minimum atomic E-state index is -0.240. The van der Waals surface area contributed by atoms with Gasteiger partial charge in [-0.15, -0.1) is 0 Å². The van der Waals surface area contributed by atoms with Crippen molar-refractivity contribution in [1.82, 2.24) is 9.80 Å². The Bertz CT molecular complexity index is 887. The highest BCUT2D eigenvalue weighted by Crippen LogP contribution is 2.21. The van der Waals surface area contributed by atoms with Crippen molar-refractivity contribution < 1.29 is 14.0 Å². The minimum Gasteiger partial charge on any atom is -0.366 e. The van der Waals surface area contributed by atoms with E-state index < -0.39 is 0 Å². The predicted molar refractivity (Wildman–Crippen MR) is 111 cm³/mol. The number of carbonyl (C=O) groups excluding carboxylic acids is 2. The smallest absolute Gasteiger partial charge is 0.253 e. The third-order valence-corrected chi connectivity index (χ3v) is 5.76. The molecule has 29 heavy (non-hydrogen) atoms. The lowest BCUT2D eigenvalue weighted by Gasteiger charge is -2.36. The number of piperidine rings is 1. The standard InChI is InChI=1S/C23H26FN3O2/c24-20-9-2-3-10-21(20)25-13-15-27(16-14-25)23(29)19-8-6-7-18(17-19)22(28)26-11-4-1-5-12-26/h2-3,6-10,17H,1,4-5,11-16H2. The van der Waals surface area contributed by atoms with Crippen molar-refractivity contribution in [3.8, 4) is 0 Å². The fourth-order valence-corrected chi connectivity index (χ4v) is 4.11. The normalized spacial score (nSPS) is 17.3. The number of likely N-dealkylation sites (tertiary alicyclic amines) is 1. The Morgan fingerprint density at radius 2 is 1.28 bits per heavy atom. The van der Waals surface area contributed by atoms with Crippen LogP contribution in [0.25, 0.3) is 0 Å². The molecule has 0 bridgehead atoms. The summed E-state index contributed by atoms with van der Waals surface area (Å²) in [6, 6.07) is 13.8. The van der Waals surface area contributed by atoms with Crippen molar-refractivity contribution in [3.63, 3.8) is 0 Å². The average Bonchev–Trinajstić information content (AvgIpc) is 2.79. The number of amides is 2. The van der Waals surface area contributed by atoms with E-state index in [9.17, 15) is 14.0 Å². The van der Waals surface area contributed by atoms with E-state index in [1.807, 2.05) is 15.9 Å². The summed E-state index contributed by atoms with van der Waals surface area (Å²) in [5, 5.41) is 0. The molecule has 0 saturated carbocycles. The van der Waals surface area contributed by atoms with Crippen LogP contribution in [0, 0.1) is 5.82 Å². The molecule has 4 rings (SSSR count). The molecule has 152 valence electrons. The number of hydrogen-bond donors (Lipinski definition) is 0. The highest BCUT2D eigenvalue weighted by molar-refractivity contribution is 5.99. The molecule has 6 heteroatoms. The first-order chi connectivity index (χ1) is 14.1. The molecule has 2 aliphatic rings. The molecular weight excluding hydrogens is 369 g/mol. The molecule has 0 N–H and O–H groups in total. The molecule has 0 atom stereocenters. The van der Waals surface area contributed by atoms with Crippen LogP contribution >= 0.6 is 0 Å². The van der Waals surface area contributed by atoms with Gasteiger partial charge in [0.05, 0.1) is 5.69 Å². The Morgan fingerprint density at radius 3 is 1.90 bits per heavy atom. The van der Waals surface area contributed by atoms with Crippen molar-refractivity contribution in [2.75, 3.05) is 44.2 Å². The number of piperazine rings is 1. The van der Waals surface area contributed by atoms with Gasteiger partial charge in [0.15, 0.2) is 0 Å². The van der Waals surface area contributed by atoms with Crippen molar-refractivity contribution in [2.45, 2.75) is 19.3 Å². The fraction of sp³-hybridized carbons (Fsp3) is 0.391. The van der Waals surface area contributed by atoms with Gasteiger partial charge >= 0.3 is 0 Å². The maximum absolute atomic E-state index is 14.0. The number of hydrogen-bond acceptors (Lipinski definition) is 3. The molecule has 2 aromatic rings. The maximum atomic E-state index is 14.0. The molecule has 0 aliphatic carbocycles. The number of halogens is 1. The van der Waals surface area contributed by atoms with Crippen molar-refractivity contribution in [2.24, 2.45) is 0 Å². The van der Waals surface area contributed by atoms with E-state index in [1.165, 1.54) is 12.5 Å². The quantitative estimate of drug-likeness (QED) is 0.800. The first-order valence-corrected chi connectivity index (χ1v) is 10.3. The van der Waals surface area contributed by atoms with Gasteiger partial charge in [0.1, 0.15) is 5.82 Å². The second-order valence-electron chi connectivity index (χ2n) is 7.66. The summed E-state index contributed by atoms with van der Waals surface area (Å²) < 4.78 is 14.0. The average molecular weight is 395 g/mol. The van der Waals surface area contributed by atoms with Gasteiger partial charge in [-0.05, 0) is 49.6 Å². The third-order valence-electron chi connectivity index (χ3n) is 5.76. The first kappa shape index (κ1) is 19.4. The van der Waals surface area contributed by atoms with Crippen LogP contribution in [0.2, 0.25) is 0 Å². The molecule has 2 heterocycles. The van der Waals surface area contributed by atoms with Crippen molar-refractivity contribution >= 4 is 17.5 Å². The number of anilines is 1. The zero-order valence-electron chi connectivity index (χ0n) is 16.5. The lowest BCUT2D eigenvalue weighted by atomic mass is 10.1. The van der Waals surface area contributed by atoms with E-state index in [2.05, 4.69) is 0 Å². The second-order valence-corrected chi connectivity index (χ2v) is 7.66. The molecule has 2 aliphatic heterocycles. The Hall–Kier alpha value is -2.89. The highest BCUT2D eigenvalue weighted by atomic mass is 19.1. The van der Waals surface area contributed by atoms with E-state index in [4.69, 9.17) is 0 Å². The van der Waals surface area contributed by atoms with Crippen molar-refractivity contribution in [3.05, 3.63) is 65.5 Å². The summed E-state index contributed by atoms with van der Waals surface area (Å²) in [4.78, 5) is 31.3. The van der Waals surface area contributed by atoms with E-state index in [0.717, 1.165) is 25.9 Å². The Morgan fingerprint density at radius 1 is 0.690 bits per heavy atom. The lowest BCUT2D eigenvalue weighted by Crippen LogP contribution is -2.49. The van der Waals surface area contributed by atoms with Gasteiger partial charge in [-0.2, -0.15) is 0 Å². The summed E-state index contributed by atoms with van der Waals surface area (Å²) in [5.74, 6) is -0.314. The van der Waals surface area contributed by atoms with Gasteiger partial charge in [-0.1, -0.05) is 18.2 Å². The summed E-state index contributed by atoms with van der Waals surface area (Å²) >= 11 is 0.